The van der Waals surface area contributed by atoms with Crippen molar-refractivity contribution in [1.29, 1.82) is 0 Å². The molecule has 0 radical (unpaired) electrons. The van der Waals surface area contributed by atoms with Crippen LogP contribution < -0.4 is 43.8 Å². The third kappa shape index (κ3) is 19.1. The molecular formula is C41H58N10O9S. The topological polar surface area (TPSA) is 320 Å². The third-order valence-corrected chi connectivity index (χ3v) is 9.67. The first-order chi connectivity index (χ1) is 28.7. The number of carbonyl (C=O) groups excluding carboxylic acids is 8. The average molecular weight is 867 g/mol. The molecule has 0 fully saturated rings. The van der Waals surface area contributed by atoms with Crippen molar-refractivity contribution in [3.63, 3.8) is 0 Å². The lowest BCUT2D eigenvalue weighted by Gasteiger charge is -2.26. The van der Waals surface area contributed by atoms with Gasteiger partial charge in [0.1, 0.15) is 41.7 Å². The van der Waals surface area contributed by atoms with Crippen LogP contribution in [-0.2, 0) is 44.8 Å². The minimum Gasteiger partial charge on any atom is -0.508 e. The number of amides is 7. The molecule has 12 N–H and O–H groups in total. The lowest BCUT2D eigenvalue weighted by atomic mass is 10.0. The number of nitrogens with one attached hydrogen (secondary N) is 5. The van der Waals surface area contributed by atoms with Gasteiger partial charge in [0, 0.05) is 24.8 Å². The number of phenolic OH excluding ortho intramolecular Hbond substituents is 1. The zero-order valence-corrected chi connectivity index (χ0v) is 36.0. The number of phenols is 1. The second kappa shape index (κ2) is 25.3. The van der Waals surface area contributed by atoms with Gasteiger partial charge >= 0.3 is 0 Å². The van der Waals surface area contributed by atoms with Crippen molar-refractivity contribution in [3.05, 3.63) is 60.2 Å². The van der Waals surface area contributed by atoms with Gasteiger partial charge in [0.2, 0.25) is 40.6 Å². The highest BCUT2D eigenvalue weighted by atomic mass is 32.2. The molecule has 2 aromatic rings. The van der Waals surface area contributed by atoms with Gasteiger partial charge in [-0.1, -0.05) is 58.0 Å². The number of aliphatic imine (C=N–C) groups is 2. The molecule has 0 bridgehead atoms. The number of hydrogen-bond acceptors (Lipinski definition) is 11. The number of hydrogen-bond donors (Lipinski definition) is 9. The van der Waals surface area contributed by atoms with Crippen LogP contribution in [0.3, 0.4) is 0 Å². The van der Waals surface area contributed by atoms with Gasteiger partial charge in [0.05, 0.1) is 6.42 Å². The minimum absolute atomic E-state index is 0.0355. The lowest BCUT2D eigenvalue weighted by molar-refractivity contribution is -0.135. The van der Waals surface area contributed by atoms with E-state index in [1.54, 1.807) is 44.2 Å². The van der Waals surface area contributed by atoms with E-state index < -0.39 is 78.0 Å². The molecule has 61 heavy (non-hydrogen) atoms. The number of aromatic hydroxyl groups is 1. The van der Waals surface area contributed by atoms with Crippen LogP contribution in [0.25, 0.3) is 0 Å². The number of carbonyl (C=O) groups is 8. The van der Waals surface area contributed by atoms with Crippen LogP contribution in [0.1, 0.15) is 72.8 Å². The molecule has 0 saturated heterocycles. The van der Waals surface area contributed by atoms with E-state index in [-0.39, 0.29) is 66.6 Å². The highest BCUT2D eigenvalue weighted by Gasteiger charge is 2.33. The highest BCUT2D eigenvalue weighted by molar-refractivity contribution is 8.13. The zero-order chi connectivity index (χ0) is 45.8. The number of thioether (sulfide) groups is 1. The van der Waals surface area contributed by atoms with Crippen LogP contribution in [0.15, 0.2) is 69.5 Å². The molecule has 0 aliphatic heterocycles. The van der Waals surface area contributed by atoms with Gasteiger partial charge in [-0.05, 0) is 79.6 Å². The van der Waals surface area contributed by atoms with Crippen LogP contribution >= 0.6 is 11.8 Å². The van der Waals surface area contributed by atoms with Crippen LogP contribution in [0.2, 0.25) is 0 Å². The predicted molar refractivity (Wildman–Crippen MR) is 231 cm³/mol. The maximum absolute atomic E-state index is 14.0. The summed E-state index contributed by atoms with van der Waals surface area (Å²) in [6.07, 6.45) is -0.483. The van der Waals surface area contributed by atoms with E-state index in [0.29, 0.717) is 10.5 Å². The van der Waals surface area contributed by atoms with Gasteiger partial charge in [-0.3, -0.25) is 43.3 Å². The average Bonchev–Trinajstić information content (AvgIpc) is 3.17. The van der Waals surface area contributed by atoms with Gasteiger partial charge in [-0.15, -0.1) is 0 Å². The summed E-state index contributed by atoms with van der Waals surface area (Å²) in [6, 6.07) is 8.11. The molecule has 0 aromatic heterocycles. The van der Waals surface area contributed by atoms with E-state index in [9.17, 15) is 43.5 Å². The van der Waals surface area contributed by atoms with Crippen LogP contribution in [0.5, 0.6) is 5.75 Å². The highest BCUT2D eigenvalue weighted by Crippen LogP contribution is 2.22. The number of rotatable bonds is 23. The van der Waals surface area contributed by atoms with Gasteiger partial charge in [-0.2, -0.15) is 0 Å². The SMILES string of the molecule is CC(=O)N=C(CC(C)C)C(=O)N[C@@H](Cc1ccc(O)cc1)C(=O)N[C@@H](CCCN=C(N)N)C(=O)N[C@@H](C)C(=O)N[C@@H](CC(N)=O)C(=O)N[C@H](C(=O)Sc1ccccc1)C(C)C. The Morgan fingerprint density at radius 1 is 0.705 bits per heavy atom. The van der Waals surface area contributed by atoms with E-state index in [2.05, 4.69) is 36.6 Å². The Bertz CT molecular complexity index is 1920. The van der Waals surface area contributed by atoms with Crippen molar-refractivity contribution in [2.45, 2.75) is 109 Å². The first-order valence-corrected chi connectivity index (χ1v) is 20.5. The quantitative estimate of drug-likeness (QED) is 0.0316. The number of guanidine groups is 1. The summed E-state index contributed by atoms with van der Waals surface area (Å²) < 4.78 is 0. The fraction of sp³-hybridized carbons (Fsp3) is 0.463. The Hall–Kier alpha value is -6.31. The second-order valence-electron chi connectivity index (χ2n) is 15.0. The molecule has 0 saturated carbocycles. The molecule has 2 rings (SSSR count). The number of nitrogens with two attached hydrogens (primary N) is 3. The normalized spacial score (nSPS) is 13.7. The molecule has 0 unspecified atom stereocenters. The van der Waals surface area contributed by atoms with Crippen LogP contribution in [-0.4, -0.2) is 100.0 Å². The van der Waals surface area contributed by atoms with Crippen LogP contribution in [0, 0.1) is 11.8 Å². The molecule has 0 aliphatic carbocycles. The molecule has 20 heteroatoms. The van der Waals surface area contributed by atoms with E-state index >= 15 is 0 Å². The van der Waals surface area contributed by atoms with Gasteiger partial charge in [0.15, 0.2) is 5.96 Å². The van der Waals surface area contributed by atoms with Crippen LogP contribution in [0.4, 0.5) is 0 Å². The number of nitrogens with zero attached hydrogens (tertiary/aromatic N) is 2. The van der Waals surface area contributed by atoms with Gasteiger partial charge < -0.3 is 48.9 Å². The van der Waals surface area contributed by atoms with E-state index in [4.69, 9.17) is 17.2 Å². The van der Waals surface area contributed by atoms with Crippen molar-refractivity contribution >= 4 is 69.9 Å². The molecule has 19 nitrogen and oxygen atoms in total. The molecule has 332 valence electrons. The first kappa shape index (κ1) is 50.8. The Labute approximate surface area is 359 Å². The fourth-order valence-corrected chi connectivity index (χ4v) is 6.62. The second-order valence-corrected chi connectivity index (χ2v) is 16.1. The van der Waals surface area contributed by atoms with Crippen molar-refractivity contribution in [2.75, 3.05) is 6.54 Å². The largest absolute Gasteiger partial charge is 0.508 e. The molecule has 0 aliphatic rings. The molecule has 0 spiro atoms. The Balaban J connectivity index is 2.33. The summed E-state index contributed by atoms with van der Waals surface area (Å²) in [4.78, 5) is 114. The van der Waals surface area contributed by atoms with Crippen molar-refractivity contribution in [2.24, 2.45) is 39.0 Å². The smallest absolute Gasteiger partial charge is 0.266 e. The van der Waals surface area contributed by atoms with E-state index in [0.717, 1.165) is 11.8 Å². The summed E-state index contributed by atoms with van der Waals surface area (Å²) in [5.41, 5.74) is 16.7. The monoisotopic (exact) mass is 866 g/mol. The Morgan fingerprint density at radius 2 is 1.30 bits per heavy atom. The van der Waals surface area contributed by atoms with Gasteiger partial charge in [-0.25, -0.2) is 4.99 Å². The predicted octanol–water partition coefficient (Wildman–Crippen LogP) is 0.316. The summed E-state index contributed by atoms with van der Waals surface area (Å²) in [7, 11) is 0. The molecule has 7 amide bonds. The molecular weight excluding hydrogens is 809 g/mol. The summed E-state index contributed by atoms with van der Waals surface area (Å²) in [6.45, 7) is 9.64. The minimum atomic E-state index is -1.52. The standard InChI is InChI=1S/C41H58N10O9S/c1-22(2)19-30(47-25(6)52)37(57)50-31(20-26-14-16-27(53)17-15-26)38(58)48-29(13-10-18-45-41(43)44)36(56)46-24(5)35(55)49-32(21-33(42)54)39(59)51-34(23(3)4)40(60)61-28-11-8-7-9-12-28/h7-9,11-12,14-17,22-24,29,31-32,34,53H,10,13,18-21H2,1-6H3,(H2,42,54)(H,46,56)(H,48,58)(H,49,55)(H,50,57)(H,51,59)(H4,43,44,45)/t24-,29-,31-,32-,34-/m0/s1. The zero-order valence-electron chi connectivity index (χ0n) is 35.2. The summed E-state index contributed by atoms with van der Waals surface area (Å²) in [5, 5.41) is 22.2. The van der Waals surface area contributed by atoms with E-state index in [1.807, 2.05) is 13.8 Å². The number of benzene rings is 2. The number of primary amides is 1. The van der Waals surface area contributed by atoms with E-state index in [1.165, 1.54) is 38.1 Å². The Kier molecular flexibility index (Phi) is 21.1. The summed E-state index contributed by atoms with van der Waals surface area (Å²) >= 11 is 0.922. The van der Waals surface area contributed by atoms with Crippen molar-refractivity contribution in [1.82, 2.24) is 26.6 Å². The van der Waals surface area contributed by atoms with Gasteiger partial charge in [0.25, 0.3) is 5.91 Å². The summed E-state index contributed by atoms with van der Waals surface area (Å²) in [5.74, 6) is -6.42. The first-order valence-electron chi connectivity index (χ1n) is 19.7. The van der Waals surface area contributed by atoms with Crippen molar-refractivity contribution in [3.8, 4) is 5.75 Å². The molecule has 0 heterocycles. The third-order valence-electron chi connectivity index (χ3n) is 8.70. The maximum atomic E-state index is 14.0. The Morgan fingerprint density at radius 3 is 1.85 bits per heavy atom. The maximum Gasteiger partial charge on any atom is 0.266 e. The lowest BCUT2D eigenvalue weighted by Crippen LogP contribution is -2.59. The molecule has 2 aromatic carbocycles. The van der Waals surface area contributed by atoms with Crippen molar-refractivity contribution < 1.29 is 43.5 Å². The molecule has 5 atom stereocenters. The fourth-order valence-electron chi connectivity index (χ4n) is 5.64.